The van der Waals surface area contributed by atoms with Crippen LogP contribution in [-0.2, 0) is 16.1 Å². The second-order valence-electron chi connectivity index (χ2n) is 9.10. The number of carbonyl (C=O) groups is 2. The van der Waals surface area contributed by atoms with Gasteiger partial charge >= 0.3 is 12.0 Å². The molecule has 0 unspecified atom stereocenters. The Morgan fingerprint density at radius 3 is 2.41 bits per heavy atom. The number of para-hydroxylation sites is 1. The number of aryl methyl sites for hydroxylation is 1. The van der Waals surface area contributed by atoms with E-state index in [1.54, 1.807) is 29.2 Å². The number of piperazine rings is 1. The second-order valence-corrected chi connectivity index (χ2v) is 9.53. The van der Waals surface area contributed by atoms with Crippen molar-refractivity contribution in [3.63, 3.8) is 0 Å². The summed E-state index contributed by atoms with van der Waals surface area (Å²) in [7, 11) is 1.32. The van der Waals surface area contributed by atoms with Gasteiger partial charge in [0.1, 0.15) is 0 Å². The highest BCUT2D eigenvalue weighted by atomic mass is 35.5. The van der Waals surface area contributed by atoms with Gasteiger partial charge in [-0.05, 0) is 42.3 Å². The van der Waals surface area contributed by atoms with Crippen LogP contribution in [0.4, 0.5) is 10.5 Å². The van der Waals surface area contributed by atoms with Gasteiger partial charge in [0, 0.05) is 37.7 Å². The van der Waals surface area contributed by atoms with Crippen LogP contribution in [0.25, 0.3) is 0 Å². The summed E-state index contributed by atoms with van der Waals surface area (Å²) in [6, 6.07) is 22.7. The van der Waals surface area contributed by atoms with E-state index in [1.165, 1.54) is 12.7 Å². The van der Waals surface area contributed by atoms with E-state index in [0.29, 0.717) is 55.6 Å². The first-order chi connectivity index (χ1) is 17.9. The fraction of sp³-hybridized carbons (Fsp3) is 0.310. The molecule has 8 heteroatoms. The number of anilines is 1. The maximum Gasteiger partial charge on any atom is 0.339 e. The smallest absolute Gasteiger partial charge is 0.339 e. The molecular formula is C29H32ClN3O4. The number of hydrogen-bond donors (Lipinski definition) is 1. The molecule has 0 aromatic heterocycles. The monoisotopic (exact) mass is 521 g/mol. The lowest BCUT2D eigenvalue weighted by atomic mass is 10.1. The standard InChI is InChI=1S/C29H32ClN3O4/c1-21-6-5-7-22(18-21)20-37-27(23-10-12-24(30)13-11-23)19-32-14-16-33(17-15-32)29(35)31-26-9-4-3-8-25(26)28(34)36-2/h3-13,18,27H,14-17,19-20H2,1-2H3,(H,31,35)/t27-/m0/s1. The first kappa shape index (κ1) is 26.7. The number of methoxy groups -OCH3 is 1. The van der Waals surface area contributed by atoms with Crippen LogP contribution < -0.4 is 5.32 Å². The summed E-state index contributed by atoms with van der Waals surface area (Å²) in [6.45, 7) is 5.84. The summed E-state index contributed by atoms with van der Waals surface area (Å²) < 4.78 is 11.2. The highest BCUT2D eigenvalue weighted by Gasteiger charge is 2.25. The minimum atomic E-state index is -0.486. The van der Waals surface area contributed by atoms with Gasteiger partial charge < -0.3 is 19.7 Å². The lowest BCUT2D eigenvalue weighted by Gasteiger charge is -2.36. The molecule has 1 atom stereocenters. The van der Waals surface area contributed by atoms with Gasteiger partial charge in [-0.15, -0.1) is 0 Å². The summed E-state index contributed by atoms with van der Waals surface area (Å²) in [5, 5.41) is 3.55. The van der Waals surface area contributed by atoms with Gasteiger partial charge in [-0.2, -0.15) is 0 Å². The predicted octanol–water partition coefficient (Wildman–Crippen LogP) is 5.54. The number of nitrogens with zero attached hydrogens (tertiary/aromatic N) is 2. The number of carbonyl (C=O) groups excluding carboxylic acids is 2. The summed E-state index contributed by atoms with van der Waals surface area (Å²) >= 11 is 6.12. The van der Waals surface area contributed by atoms with E-state index in [-0.39, 0.29) is 12.1 Å². The molecule has 7 nitrogen and oxygen atoms in total. The number of nitrogens with one attached hydrogen (secondary N) is 1. The van der Waals surface area contributed by atoms with Crippen molar-refractivity contribution in [3.05, 3.63) is 100 Å². The molecular weight excluding hydrogens is 490 g/mol. The maximum atomic E-state index is 12.9. The summed E-state index contributed by atoms with van der Waals surface area (Å²) in [4.78, 5) is 29.0. The summed E-state index contributed by atoms with van der Waals surface area (Å²) in [6.07, 6.45) is -0.134. The van der Waals surface area contributed by atoms with Gasteiger partial charge in [0.2, 0.25) is 0 Å². The Morgan fingerprint density at radius 1 is 0.973 bits per heavy atom. The zero-order valence-corrected chi connectivity index (χ0v) is 21.9. The number of ether oxygens (including phenoxy) is 2. The van der Waals surface area contributed by atoms with Gasteiger partial charge in [0.05, 0.1) is 31.1 Å². The summed E-state index contributed by atoms with van der Waals surface area (Å²) in [5.74, 6) is -0.486. The van der Waals surface area contributed by atoms with Crippen molar-refractivity contribution in [3.8, 4) is 0 Å². The molecule has 1 N–H and O–H groups in total. The average Bonchev–Trinajstić information content (AvgIpc) is 2.92. The SMILES string of the molecule is COC(=O)c1ccccc1NC(=O)N1CCN(C[C@H](OCc2cccc(C)c2)c2ccc(Cl)cc2)CC1. The lowest BCUT2D eigenvalue weighted by Crippen LogP contribution is -2.51. The summed E-state index contributed by atoms with van der Waals surface area (Å²) in [5.41, 5.74) is 4.17. The van der Waals surface area contributed by atoms with Gasteiger partial charge in [-0.3, -0.25) is 4.90 Å². The Balaban J connectivity index is 1.36. The number of urea groups is 1. The topological polar surface area (TPSA) is 71.1 Å². The average molecular weight is 522 g/mol. The van der Waals surface area contributed by atoms with Crippen molar-refractivity contribution in [2.45, 2.75) is 19.6 Å². The van der Waals surface area contributed by atoms with Crippen LogP contribution >= 0.6 is 11.6 Å². The number of amides is 2. The first-order valence-corrected chi connectivity index (χ1v) is 12.7. The lowest BCUT2D eigenvalue weighted by molar-refractivity contribution is 0.00592. The molecule has 2 amide bonds. The third-order valence-corrected chi connectivity index (χ3v) is 6.68. The van der Waals surface area contributed by atoms with Crippen LogP contribution in [0.1, 0.15) is 33.2 Å². The molecule has 37 heavy (non-hydrogen) atoms. The molecule has 1 aliphatic rings. The molecule has 1 heterocycles. The van der Waals surface area contributed by atoms with Crippen LogP contribution in [0.3, 0.4) is 0 Å². The predicted molar refractivity (Wildman–Crippen MR) is 145 cm³/mol. The minimum Gasteiger partial charge on any atom is -0.465 e. The van der Waals surface area contributed by atoms with Gasteiger partial charge in [-0.1, -0.05) is 65.7 Å². The van der Waals surface area contributed by atoms with Crippen molar-refractivity contribution in [1.82, 2.24) is 9.80 Å². The Labute approximate surface area is 222 Å². The molecule has 3 aromatic carbocycles. The van der Waals surface area contributed by atoms with Crippen LogP contribution in [0, 0.1) is 6.92 Å². The van der Waals surface area contributed by atoms with Crippen LogP contribution in [0.2, 0.25) is 5.02 Å². The van der Waals surface area contributed by atoms with Crippen molar-refractivity contribution < 1.29 is 19.1 Å². The van der Waals surface area contributed by atoms with E-state index in [0.717, 1.165) is 11.1 Å². The van der Waals surface area contributed by atoms with Crippen molar-refractivity contribution in [2.75, 3.05) is 45.2 Å². The van der Waals surface area contributed by atoms with Crippen LogP contribution in [0.15, 0.2) is 72.8 Å². The molecule has 0 radical (unpaired) electrons. The van der Waals surface area contributed by atoms with E-state index in [4.69, 9.17) is 21.1 Å². The van der Waals surface area contributed by atoms with Gasteiger partial charge in [0.15, 0.2) is 0 Å². The van der Waals surface area contributed by atoms with Crippen LogP contribution in [-0.4, -0.2) is 61.6 Å². The molecule has 1 aliphatic heterocycles. The third kappa shape index (κ3) is 7.32. The number of esters is 1. The normalized spacial score (nSPS) is 14.7. The Hall–Kier alpha value is -3.39. The molecule has 1 fully saturated rings. The second kappa shape index (κ2) is 12.7. The molecule has 0 spiro atoms. The number of rotatable bonds is 8. The number of halogens is 1. The van der Waals surface area contributed by atoms with Crippen molar-refractivity contribution in [2.24, 2.45) is 0 Å². The third-order valence-electron chi connectivity index (χ3n) is 6.43. The quantitative estimate of drug-likeness (QED) is 0.394. The fourth-order valence-corrected chi connectivity index (χ4v) is 4.50. The Kier molecular flexibility index (Phi) is 9.17. The zero-order valence-electron chi connectivity index (χ0n) is 21.2. The molecule has 0 aliphatic carbocycles. The van der Waals surface area contributed by atoms with E-state index >= 15 is 0 Å². The van der Waals surface area contributed by atoms with Gasteiger partial charge in [0.25, 0.3) is 0 Å². The molecule has 1 saturated heterocycles. The maximum absolute atomic E-state index is 12.9. The van der Waals surface area contributed by atoms with E-state index < -0.39 is 5.97 Å². The molecule has 3 aromatic rings. The minimum absolute atomic E-state index is 0.134. The highest BCUT2D eigenvalue weighted by Crippen LogP contribution is 2.24. The molecule has 4 rings (SSSR count). The van der Waals surface area contributed by atoms with E-state index in [9.17, 15) is 9.59 Å². The highest BCUT2D eigenvalue weighted by molar-refractivity contribution is 6.30. The number of benzene rings is 3. The zero-order chi connectivity index (χ0) is 26.2. The van der Waals surface area contributed by atoms with Crippen molar-refractivity contribution >= 4 is 29.3 Å². The fourth-order valence-electron chi connectivity index (χ4n) is 4.37. The largest absolute Gasteiger partial charge is 0.465 e. The number of hydrogen-bond acceptors (Lipinski definition) is 5. The molecule has 0 saturated carbocycles. The Morgan fingerprint density at radius 2 is 1.70 bits per heavy atom. The van der Waals surface area contributed by atoms with Crippen molar-refractivity contribution in [1.29, 1.82) is 0 Å². The first-order valence-electron chi connectivity index (χ1n) is 12.3. The van der Waals surface area contributed by atoms with Crippen LogP contribution in [0.5, 0.6) is 0 Å². The Bertz CT molecular complexity index is 1210. The van der Waals surface area contributed by atoms with Gasteiger partial charge in [-0.25, -0.2) is 9.59 Å². The molecule has 194 valence electrons. The van der Waals surface area contributed by atoms with E-state index in [1.807, 2.05) is 30.3 Å². The van der Waals surface area contributed by atoms with E-state index in [2.05, 4.69) is 35.3 Å². The molecule has 0 bridgehead atoms.